The van der Waals surface area contributed by atoms with Gasteiger partial charge in [0.25, 0.3) is 0 Å². The Morgan fingerprint density at radius 2 is 1.94 bits per heavy atom. The SMILES string of the molecule is CNC(=O)C(C)CN(C)C(=O)Oc1ccccc1. The molecule has 1 rings (SSSR count). The molecule has 0 heterocycles. The van der Waals surface area contributed by atoms with Crippen LogP contribution in [-0.2, 0) is 4.79 Å². The minimum Gasteiger partial charge on any atom is -0.410 e. The van der Waals surface area contributed by atoms with Crippen molar-refractivity contribution in [1.82, 2.24) is 10.2 Å². The molecular weight excluding hydrogens is 232 g/mol. The Bertz CT molecular complexity index is 406. The van der Waals surface area contributed by atoms with Crippen molar-refractivity contribution >= 4 is 12.0 Å². The molecule has 0 saturated heterocycles. The van der Waals surface area contributed by atoms with Gasteiger partial charge in [0.15, 0.2) is 0 Å². The van der Waals surface area contributed by atoms with Crippen LogP contribution in [0.4, 0.5) is 4.79 Å². The fourth-order valence-corrected chi connectivity index (χ4v) is 1.48. The molecule has 5 nitrogen and oxygen atoms in total. The third kappa shape index (κ3) is 4.08. The molecule has 0 aliphatic rings. The maximum atomic E-state index is 11.7. The number of para-hydroxylation sites is 1. The lowest BCUT2D eigenvalue weighted by molar-refractivity contribution is -0.124. The average Bonchev–Trinajstić information content (AvgIpc) is 2.38. The zero-order valence-electron chi connectivity index (χ0n) is 10.8. The van der Waals surface area contributed by atoms with E-state index in [1.165, 1.54) is 4.90 Å². The molecule has 5 heteroatoms. The highest BCUT2D eigenvalue weighted by molar-refractivity contribution is 5.79. The van der Waals surface area contributed by atoms with Crippen LogP contribution in [0, 0.1) is 5.92 Å². The molecule has 1 aromatic carbocycles. The number of benzene rings is 1. The number of rotatable bonds is 4. The first kappa shape index (κ1) is 14.0. The Labute approximate surface area is 107 Å². The van der Waals surface area contributed by atoms with Crippen molar-refractivity contribution in [3.05, 3.63) is 30.3 Å². The van der Waals surface area contributed by atoms with Crippen LogP contribution in [0.3, 0.4) is 0 Å². The summed E-state index contributed by atoms with van der Waals surface area (Å²) in [5.74, 6) is 0.111. The highest BCUT2D eigenvalue weighted by Gasteiger charge is 2.18. The summed E-state index contributed by atoms with van der Waals surface area (Å²) in [5, 5.41) is 2.54. The van der Waals surface area contributed by atoms with Gasteiger partial charge in [-0.3, -0.25) is 4.79 Å². The van der Waals surface area contributed by atoms with Gasteiger partial charge in [-0.2, -0.15) is 0 Å². The second-order valence-corrected chi connectivity index (χ2v) is 4.08. The molecule has 1 N–H and O–H groups in total. The Balaban J connectivity index is 2.49. The minimum atomic E-state index is -0.475. The summed E-state index contributed by atoms with van der Waals surface area (Å²) in [7, 11) is 3.17. The van der Waals surface area contributed by atoms with Crippen LogP contribution in [0.1, 0.15) is 6.92 Å². The van der Waals surface area contributed by atoms with E-state index in [-0.39, 0.29) is 11.8 Å². The molecule has 0 radical (unpaired) electrons. The molecule has 0 saturated carbocycles. The molecule has 98 valence electrons. The second-order valence-electron chi connectivity index (χ2n) is 4.08. The summed E-state index contributed by atoms with van der Waals surface area (Å²) in [6.45, 7) is 2.07. The lowest BCUT2D eigenvalue weighted by atomic mass is 10.1. The molecule has 18 heavy (non-hydrogen) atoms. The molecule has 0 aromatic heterocycles. The summed E-state index contributed by atoms with van der Waals surface area (Å²) in [6.07, 6.45) is -0.475. The molecule has 0 aliphatic heterocycles. The van der Waals surface area contributed by atoms with Crippen LogP contribution in [0.15, 0.2) is 30.3 Å². The quantitative estimate of drug-likeness (QED) is 0.881. The summed E-state index contributed by atoms with van der Waals surface area (Å²) in [6, 6.07) is 8.82. The Hall–Kier alpha value is -2.04. The van der Waals surface area contributed by atoms with E-state index in [1.54, 1.807) is 45.3 Å². The van der Waals surface area contributed by atoms with Gasteiger partial charge in [-0.1, -0.05) is 25.1 Å². The monoisotopic (exact) mass is 250 g/mol. The lowest BCUT2D eigenvalue weighted by Crippen LogP contribution is -2.38. The number of carbonyl (C=O) groups excluding carboxylic acids is 2. The molecule has 1 aromatic rings. The Morgan fingerprint density at radius 3 is 2.50 bits per heavy atom. The number of hydrogen-bond donors (Lipinski definition) is 1. The van der Waals surface area contributed by atoms with Gasteiger partial charge in [0.2, 0.25) is 5.91 Å². The first-order valence-corrected chi connectivity index (χ1v) is 5.74. The standard InChI is InChI=1S/C13H18N2O3/c1-10(12(16)14-2)9-15(3)13(17)18-11-7-5-4-6-8-11/h4-8,10H,9H2,1-3H3,(H,14,16). The molecule has 2 amide bonds. The van der Waals surface area contributed by atoms with Gasteiger partial charge in [-0.05, 0) is 12.1 Å². The number of amides is 2. The summed E-state index contributed by atoms with van der Waals surface area (Å²) >= 11 is 0. The number of hydrogen-bond acceptors (Lipinski definition) is 3. The van der Waals surface area contributed by atoms with Crippen molar-refractivity contribution in [1.29, 1.82) is 0 Å². The van der Waals surface area contributed by atoms with E-state index in [2.05, 4.69) is 5.32 Å². The van der Waals surface area contributed by atoms with Gasteiger partial charge in [-0.15, -0.1) is 0 Å². The van der Waals surface area contributed by atoms with E-state index in [0.29, 0.717) is 12.3 Å². The van der Waals surface area contributed by atoms with Crippen LogP contribution in [-0.4, -0.2) is 37.5 Å². The number of carbonyl (C=O) groups is 2. The topological polar surface area (TPSA) is 58.6 Å². The predicted molar refractivity (Wildman–Crippen MR) is 68.3 cm³/mol. The minimum absolute atomic E-state index is 0.102. The van der Waals surface area contributed by atoms with Crippen molar-refractivity contribution in [2.45, 2.75) is 6.92 Å². The number of nitrogens with zero attached hydrogens (tertiary/aromatic N) is 1. The third-order valence-corrected chi connectivity index (χ3v) is 2.50. The smallest absolute Gasteiger partial charge is 0.410 e. The van der Waals surface area contributed by atoms with Gasteiger partial charge in [0.1, 0.15) is 5.75 Å². The van der Waals surface area contributed by atoms with Crippen LogP contribution in [0.5, 0.6) is 5.75 Å². The van der Waals surface area contributed by atoms with Gasteiger partial charge < -0.3 is 15.0 Å². The van der Waals surface area contributed by atoms with Crippen LogP contribution in [0.25, 0.3) is 0 Å². The average molecular weight is 250 g/mol. The second kappa shape index (κ2) is 6.64. The maximum Gasteiger partial charge on any atom is 0.414 e. The summed E-state index contributed by atoms with van der Waals surface area (Å²) in [5.41, 5.74) is 0. The number of ether oxygens (including phenoxy) is 1. The Kier molecular flexibility index (Phi) is 5.17. The highest BCUT2D eigenvalue weighted by Crippen LogP contribution is 2.10. The summed E-state index contributed by atoms with van der Waals surface area (Å²) in [4.78, 5) is 24.5. The van der Waals surface area contributed by atoms with Crippen molar-refractivity contribution < 1.29 is 14.3 Å². The highest BCUT2D eigenvalue weighted by atomic mass is 16.6. The van der Waals surface area contributed by atoms with Gasteiger partial charge in [-0.25, -0.2) is 4.79 Å². The van der Waals surface area contributed by atoms with E-state index >= 15 is 0 Å². The molecule has 1 atom stereocenters. The zero-order chi connectivity index (χ0) is 13.5. The van der Waals surface area contributed by atoms with Crippen molar-refractivity contribution in [2.24, 2.45) is 5.92 Å². The maximum absolute atomic E-state index is 11.7. The zero-order valence-corrected chi connectivity index (χ0v) is 10.8. The van der Waals surface area contributed by atoms with E-state index in [1.807, 2.05) is 6.07 Å². The number of nitrogens with one attached hydrogen (secondary N) is 1. The van der Waals surface area contributed by atoms with Crippen LogP contribution < -0.4 is 10.1 Å². The predicted octanol–water partition coefficient (Wildman–Crippen LogP) is 1.50. The van der Waals surface area contributed by atoms with E-state index in [4.69, 9.17) is 4.74 Å². The molecule has 0 spiro atoms. The molecule has 0 fully saturated rings. The van der Waals surface area contributed by atoms with E-state index in [0.717, 1.165) is 0 Å². The van der Waals surface area contributed by atoms with Gasteiger partial charge in [0.05, 0.1) is 5.92 Å². The normalized spacial score (nSPS) is 11.5. The largest absolute Gasteiger partial charge is 0.414 e. The lowest BCUT2D eigenvalue weighted by Gasteiger charge is -2.20. The molecular formula is C13H18N2O3. The van der Waals surface area contributed by atoms with E-state index in [9.17, 15) is 9.59 Å². The summed E-state index contributed by atoms with van der Waals surface area (Å²) < 4.78 is 5.15. The first-order valence-electron chi connectivity index (χ1n) is 5.74. The van der Waals surface area contributed by atoms with Crippen molar-refractivity contribution in [3.63, 3.8) is 0 Å². The molecule has 0 aliphatic carbocycles. The van der Waals surface area contributed by atoms with Gasteiger partial charge >= 0.3 is 6.09 Å². The van der Waals surface area contributed by atoms with Crippen molar-refractivity contribution in [2.75, 3.05) is 20.6 Å². The fourth-order valence-electron chi connectivity index (χ4n) is 1.48. The molecule has 0 bridgehead atoms. The molecule has 1 unspecified atom stereocenters. The van der Waals surface area contributed by atoms with Crippen LogP contribution >= 0.6 is 0 Å². The first-order chi connectivity index (χ1) is 8.54. The Morgan fingerprint density at radius 1 is 1.33 bits per heavy atom. The van der Waals surface area contributed by atoms with Gasteiger partial charge in [0, 0.05) is 20.6 Å². The van der Waals surface area contributed by atoms with Crippen molar-refractivity contribution in [3.8, 4) is 5.75 Å². The van der Waals surface area contributed by atoms with E-state index < -0.39 is 6.09 Å². The third-order valence-electron chi connectivity index (χ3n) is 2.50. The van der Waals surface area contributed by atoms with Crippen LogP contribution in [0.2, 0.25) is 0 Å². The fraction of sp³-hybridized carbons (Fsp3) is 0.385.